The lowest BCUT2D eigenvalue weighted by Crippen LogP contribution is -2.71. The second-order valence-electron chi connectivity index (χ2n) is 6.03. The molecule has 2 heterocycles. The molecule has 2 amide bonds. The van der Waals surface area contributed by atoms with Crippen molar-refractivity contribution in [2.75, 3.05) is 32.2 Å². The molecule has 0 aromatic carbocycles. The minimum absolute atomic E-state index is 0.186. The van der Waals surface area contributed by atoms with Gasteiger partial charge in [-0.15, -0.1) is 11.8 Å². The topological polar surface area (TPSA) is 150 Å². The molecule has 0 aromatic rings. The molecule has 0 radical (unpaired) electrons. The van der Waals surface area contributed by atoms with E-state index in [1.165, 1.54) is 32.8 Å². The highest BCUT2D eigenvalue weighted by atomic mass is 32.2. The maximum atomic E-state index is 12.4. The Hall–Kier alpha value is -2.12. The van der Waals surface area contributed by atoms with Crippen molar-refractivity contribution in [3.63, 3.8) is 0 Å². The van der Waals surface area contributed by atoms with Gasteiger partial charge in [-0.05, 0) is 0 Å². The normalized spacial score (nSPS) is 22.2. The van der Waals surface area contributed by atoms with Crippen molar-refractivity contribution in [2.24, 2.45) is 0 Å². The number of aliphatic carboxylic acids is 1. The molecule has 0 aromatic heterocycles. The highest BCUT2D eigenvalue weighted by Crippen LogP contribution is 2.40. The molecular formula is C14H19N3O8S2. The van der Waals surface area contributed by atoms with E-state index in [9.17, 15) is 32.7 Å². The molecule has 2 aliphatic heterocycles. The molecule has 27 heavy (non-hydrogen) atoms. The molecule has 2 rings (SSSR count). The number of rotatable bonds is 7. The Morgan fingerprint density at radius 1 is 1.37 bits per heavy atom. The van der Waals surface area contributed by atoms with Crippen LogP contribution < -0.4 is 5.32 Å². The van der Waals surface area contributed by atoms with Gasteiger partial charge in [0.2, 0.25) is 15.9 Å². The third-order valence-electron chi connectivity index (χ3n) is 3.89. The number of hydrogen-bond acceptors (Lipinski definition) is 8. The van der Waals surface area contributed by atoms with Crippen molar-refractivity contribution < 1.29 is 37.4 Å². The Bertz CT molecular complexity index is 820. The van der Waals surface area contributed by atoms with Crippen LogP contribution in [0.1, 0.15) is 6.92 Å². The van der Waals surface area contributed by atoms with Gasteiger partial charge in [0.05, 0.1) is 0 Å². The van der Waals surface area contributed by atoms with E-state index >= 15 is 0 Å². The summed E-state index contributed by atoms with van der Waals surface area (Å²) in [5, 5.41) is 11.1. The fraction of sp³-hybridized carbons (Fsp3) is 0.571. The van der Waals surface area contributed by atoms with Crippen LogP contribution in [0.25, 0.3) is 0 Å². The number of β-lactam (4-membered cyclic amide) rings is 1. The van der Waals surface area contributed by atoms with Gasteiger partial charge < -0.3 is 15.2 Å². The molecule has 1 saturated heterocycles. The summed E-state index contributed by atoms with van der Waals surface area (Å²) in [6.45, 7) is 0.931. The number of carbonyl (C=O) groups is 4. The number of carbonyl (C=O) groups excluding carboxylic acids is 3. The molecule has 13 heteroatoms. The number of nitrogens with zero attached hydrogens (tertiary/aromatic N) is 2. The SMILES string of the molecule is CC(=O)OCC1=C(C(=O)O)N2C(=O)[C@@H](NC(=O)CS(=O)(=O)N(C)C)[C@H]2SC1. The minimum Gasteiger partial charge on any atom is -0.477 e. The molecule has 2 N–H and O–H groups in total. The smallest absolute Gasteiger partial charge is 0.352 e. The number of ether oxygens (including phenoxy) is 1. The lowest BCUT2D eigenvalue weighted by atomic mass is 10.0. The van der Waals surface area contributed by atoms with Crippen molar-refractivity contribution in [3.8, 4) is 0 Å². The Morgan fingerprint density at radius 3 is 2.52 bits per heavy atom. The zero-order valence-corrected chi connectivity index (χ0v) is 16.4. The van der Waals surface area contributed by atoms with Gasteiger partial charge in [-0.3, -0.25) is 19.3 Å². The molecule has 0 saturated carbocycles. The van der Waals surface area contributed by atoms with E-state index in [1.54, 1.807) is 0 Å². The van der Waals surface area contributed by atoms with E-state index in [0.29, 0.717) is 0 Å². The predicted octanol–water partition coefficient (Wildman–Crippen LogP) is -1.82. The maximum absolute atomic E-state index is 12.4. The zero-order valence-electron chi connectivity index (χ0n) is 14.8. The van der Waals surface area contributed by atoms with Crippen LogP contribution in [0.3, 0.4) is 0 Å². The summed E-state index contributed by atoms with van der Waals surface area (Å²) in [6.07, 6.45) is 0. The van der Waals surface area contributed by atoms with Crippen LogP contribution in [-0.4, -0.2) is 90.1 Å². The summed E-state index contributed by atoms with van der Waals surface area (Å²) in [5.74, 6) is -4.08. The molecule has 0 bridgehead atoms. The Kier molecular flexibility index (Phi) is 6.17. The van der Waals surface area contributed by atoms with Gasteiger partial charge in [-0.1, -0.05) is 0 Å². The first kappa shape index (κ1) is 21.2. The number of hydrogen-bond donors (Lipinski definition) is 2. The average molecular weight is 421 g/mol. The van der Waals surface area contributed by atoms with Crippen molar-refractivity contribution >= 4 is 45.5 Å². The minimum atomic E-state index is -3.78. The van der Waals surface area contributed by atoms with Gasteiger partial charge in [-0.25, -0.2) is 17.5 Å². The highest BCUT2D eigenvalue weighted by Gasteiger charge is 2.54. The largest absolute Gasteiger partial charge is 0.477 e. The van der Waals surface area contributed by atoms with Crippen LogP contribution in [0.15, 0.2) is 11.3 Å². The fourth-order valence-corrected chi connectivity index (χ4v) is 4.49. The van der Waals surface area contributed by atoms with Crippen LogP contribution in [0.4, 0.5) is 0 Å². The molecule has 1 fully saturated rings. The number of amides is 2. The third kappa shape index (κ3) is 4.42. The Balaban J connectivity index is 2.12. The second-order valence-corrected chi connectivity index (χ2v) is 9.32. The van der Waals surface area contributed by atoms with Crippen LogP contribution in [-0.2, 0) is 33.9 Å². The van der Waals surface area contributed by atoms with Crippen LogP contribution in [0.2, 0.25) is 0 Å². The molecule has 0 aliphatic carbocycles. The molecule has 11 nitrogen and oxygen atoms in total. The molecule has 0 spiro atoms. The van der Waals surface area contributed by atoms with Gasteiger partial charge in [0.1, 0.15) is 29.5 Å². The van der Waals surface area contributed by atoms with Crippen molar-refractivity contribution in [1.29, 1.82) is 0 Å². The quantitative estimate of drug-likeness (QED) is 0.358. The molecule has 2 aliphatic rings. The molecule has 150 valence electrons. The summed E-state index contributed by atoms with van der Waals surface area (Å²) in [4.78, 5) is 47.8. The van der Waals surface area contributed by atoms with Gasteiger partial charge in [-0.2, -0.15) is 0 Å². The van der Waals surface area contributed by atoms with Gasteiger partial charge in [0, 0.05) is 32.3 Å². The van der Waals surface area contributed by atoms with E-state index in [4.69, 9.17) is 4.74 Å². The van der Waals surface area contributed by atoms with Gasteiger partial charge in [0.15, 0.2) is 0 Å². The van der Waals surface area contributed by atoms with E-state index < -0.39 is 50.9 Å². The fourth-order valence-electron chi connectivity index (χ4n) is 2.49. The summed E-state index contributed by atoms with van der Waals surface area (Å²) in [5.41, 5.74) is -0.0105. The summed E-state index contributed by atoms with van der Waals surface area (Å²) in [7, 11) is -1.22. The van der Waals surface area contributed by atoms with Crippen LogP contribution >= 0.6 is 11.8 Å². The summed E-state index contributed by atoms with van der Waals surface area (Å²) in [6, 6.07) is -1.02. The standard InChI is InChI=1S/C14H19N3O8S2/c1-7(18)25-4-8-5-26-13-10(12(20)17(13)11(8)14(21)22)15-9(19)6-27(23,24)16(2)3/h10,13H,4-6H2,1-3H3,(H,15,19)(H,21,22)/t10-,13-/m1/s1. The van der Waals surface area contributed by atoms with E-state index in [1.807, 2.05) is 0 Å². The number of carboxylic acids is 1. The predicted molar refractivity (Wildman–Crippen MR) is 93.8 cm³/mol. The van der Waals surface area contributed by atoms with E-state index in [2.05, 4.69) is 5.32 Å². The second kappa shape index (κ2) is 7.86. The van der Waals surface area contributed by atoms with E-state index in [-0.39, 0.29) is 23.6 Å². The molecular weight excluding hydrogens is 402 g/mol. The lowest BCUT2D eigenvalue weighted by molar-refractivity contribution is -0.150. The first-order valence-electron chi connectivity index (χ1n) is 7.68. The number of thioether (sulfide) groups is 1. The lowest BCUT2D eigenvalue weighted by Gasteiger charge is -2.49. The van der Waals surface area contributed by atoms with E-state index in [0.717, 1.165) is 9.21 Å². The summed E-state index contributed by atoms with van der Waals surface area (Å²) >= 11 is 1.19. The van der Waals surface area contributed by atoms with Gasteiger partial charge >= 0.3 is 11.9 Å². The number of carboxylic acid groups (broad SMARTS) is 1. The number of sulfonamides is 1. The molecule has 2 atom stereocenters. The van der Waals surface area contributed by atoms with Gasteiger partial charge in [0.25, 0.3) is 5.91 Å². The van der Waals surface area contributed by atoms with Crippen LogP contribution in [0, 0.1) is 0 Å². The zero-order chi connectivity index (χ0) is 20.5. The number of fused-ring (bicyclic) bond motifs is 1. The average Bonchev–Trinajstić information content (AvgIpc) is 2.56. The van der Waals surface area contributed by atoms with Crippen molar-refractivity contribution in [1.82, 2.24) is 14.5 Å². The highest BCUT2D eigenvalue weighted by molar-refractivity contribution is 8.00. The number of nitrogens with one attached hydrogen (secondary N) is 1. The number of esters is 1. The molecule has 0 unspecified atom stereocenters. The van der Waals surface area contributed by atoms with Crippen molar-refractivity contribution in [2.45, 2.75) is 18.3 Å². The maximum Gasteiger partial charge on any atom is 0.352 e. The summed E-state index contributed by atoms with van der Waals surface area (Å²) < 4.78 is 29.2. The monoisotopic (exact) mass is 421 g/mol. The Labute approximate surface area is 159 Å². The first-order valence-corrected chi connectivity index (χ1v) is 10.3. The third-order valence-corrected chi connectivity index (χ3v) is 6.97. The Morgan fingerprint density at radius 2 is 2.00 bits per heavy atom. The first-order chi connectivity index (χ1) is 12.5. The van der Waals surface area contributed by atoms with Crippen molar-refractivity contribution in [3.05, 3.63) is 11.3 Å². The van der Waals surface area contributed by atoms with Crippen LogP contribution in [0.5, 0.6) is 0 Å².